The van der Waals surface area contributed by atoms with E-state index in [-0.39, 0.29) is 6.10 Å². The molecule has 1 N–H and O–H groups in total. The second kappa shape index (κ2) is 6.04. The molecule has 0 spiro atoms. The van der Waals surface area contributed by atoms with Crippen molar-refractivity contribution in [1.82, 2.24) is 4.90 Å². The molecule has 0 amide bonds. The van der Waals surface area contributed by atoms with Crippen molar-refractivity contribution in [1.29, 1.82) is 0 Å². The number of benzene rings is 1. The fourth-order valence-corrected chi connectivity index (χ4v) is 2.39. The molecule has 0 bridgehead atoms. The largest absolute Gasteiger partial charge is 0.393 e. The highest BCUT2D eigenvalue weighted by molar-refractivity contribution is 5.33. The molecule has 1 fully saturated rings. The van der Waals surface area contributed by atoms with E-state index in [0.29, 0.717) is 12.0 Å². The van der Waals surface area contributed by atoms with Gasteiger partial charge in [-0.15, -0.1) is 0 Å². The van der Waals surface area contributed by atoms with E-state index in [4.69, 9.17) is 0 Å². The summed E-state index contributed by atoms with van der Waals surface area (Å²) >= 11 is 0. The molecule has 2 rings (SSSR count). The summed E-state index contributed by atoms with van der Waals surface area (Å²) in [6, 6.07) is 10.5. The second-order valence-electron chi connectivity index (χ2n) is 5.23. The fourth-order valence-electron chi connectivity index (χ4n) is 2.39. The summed E-state index contributed by atoms with van der Waals surface area (Å²) in [5.74, 6) is 6.76. The van der Waals surface area contributed by atoms with E-state index in [1.807, 2.05) is 30.3 Å². The molecule has 18 heavy (non-hydrogen) atoms. The van der Waals surface area contributed by atoms with E-state index < -0.39 is 0 Å². The maximum Gasteiger partial charge on any atom is 0.0607 e. The van der Waals surface area contributed by atoms with Gasteiger partial charge in [0, 0.05) is 18.2 Å². The topological polar surface area (TPSA) is 23.5 Å². The lowest BCUT2D eigenvalue weighted by Crippen LogP contribution is -2.47. The van der Waals surface area contributed by atoms with Crippen molar-refractivity contribution in [3.05, 3.63) is 35.9 Å². The average Bonchev–Trinajstić information content (AvgIpc) is 2.37. The van der Waals surface area contributed by atoms with Crippen LogP contribution in [-0.2, 0) is 0 Å². The summed E-state index contributed by atoms with van der Waals surface area (Å²) in [4.78, 5) is 2.35. The van der Waals surface area contributed by atoms with Gasteiger partial charge < -0.3 is 5.11 Å². The first kappa shape index (κ1) is 13.1. The van der Waals surface area contributed by atoms with Crippen molar-refractivity contribution in [2.24, 2.45) is 5.92 Å². The highest BCUT2D eigenvalue weighted by Crippen LogP contribution is 2.21. The zero-order valence-corrected chi connectivity index (χ0v) is 11.1. The number of rotatable bonds is 1. The lowest BCUT2D eigenvalue weighted by atomic mass is 9.92. The fraction of sp³-hybridized carbons (Fsp3) is 0.500. The molecule has 0 aromatic heterocycles. The van der Waals surface area contributed by atoms with E-state index in [2.05, 4.69) is 30.6 Å². The lowest BCUT2D eigenvalue weighted by molar-refractivity contribution is 0.0118. The van der Waals surface area contributed by atoms with Crippen LogP contribution in [0.15, 0.2) is 30.3 Å². The summed E-state index contributed by atoms with van der Waals surface area (Å²) in [7, 11) is 0. The molecule has 1 aromatic rings. The molecule has 0 aliphatic carbocycles. The van der Waals surface area contributed by atoms with Crippen molar-refractivity contribution in [2.75, 3.05) is 13.1 Å². The number of hydrogen-bond donors (Lipinski definition) is 1. The number of nitrogens with zero attached hydrogens (tertiary/aromatic N) is 1. The second-order valence-corrected chi connectivity index (χ2v) is 5.23. The Morgan fingerprint density at radius 3 is 2.72 bits per heavy atom. The Balaban J connectivity index is 1.92. The van der Waals surface area contributed by atoms with E-state index in [1.54, 1.807) is 0 Å². The maximum atomic E-state index is 9.81. The Bertz CT molecular complexity index is 431. The van der Waals surface area contributed by atoms with Crippen LogP contribution >= 0.6 is 0 Å². The Hall–Kier alpha value is -1.30. The average molecular weight is 243 g/mol. The number of aliphatic hydroxyl groups is 1. The number of aliphatic hydroxyl groups excluding tert-OH is 1. The van der Waals surface area contributed by atoms with Gasteiger partial charge in [-0.3, -0.25) is 4.90 Å². The first-order chi connectivity index (χ1) is 8.66. The summed E-state index contributed by atoms with van der Waals surface area (Å²) in [5, 5.41) is 9.81. The van der Waals surface area contributed by atoms with Crippen molar-refractivity contribution < 1.29 is 5.11 Å². The SMILES string of the molecule is CC1CN(CC#Cc2ccccc2)C(C)CC1O. The highest BCUT2D eigenvalue weighted by Gasteiger charge is 2.28. The molecule has 2 nitrogen and oxygen atoms in total. The Morgan fingerprint density at radius 2 is 2.00 bits per heavy atom. The molecule has 1 heterocycles. The Morgan fingerprint density at radius 1 is 1.28 bits per heavy atom. The van der Waals surface area contributed by atoms with Crippen LogP contribution in [0, 0.1) is 17.8 Å². The number of hydrogen-bond acceptors (Lipinski definition) is 2. The zero-order valence-electron chi connectivity index (χ0n) is 11.1. The zero-order chi connectivity index (χ0) is 13.0. The van der Waals surface area contributed by atoms with Crippen molar-refractivity contribution in [3.8, 4) is 11.8 Å². The highest BCUT2D eigenvalue weighted by atomic mass is 16.3. The van der Waals surface area contributed by atoms with Gasteiger partial charge in [-0.05, 0) is 31.4 Å². The van der Waals surface area contributed by atoms with Gasteiger partial charge in [-0.1, -0.05) is 37.0 Å². The van der Waals surface area contributed by atoms with E-state index in [0.717, 1.165) is 25.1 Å². The Kier molecular flexibility index (Phi) is 4.41. The van der Waals surface area contributed by atoms with Crippen LogP contribution in [0.1, 0.15) is 25.8 Å². The molecule has 1 aliphatic heterocycles. The van der Waals surface area contributed by atoms with Crippen LogP contribution in [0.4, 0.5) is 0 Å². The quantitative estimate of drug-likeness (QED) is 0.764. The molecule has 3 atom stereocenters. The number of piperidine rings is 1. The summed E-state index contributed by atoms with van der Waals surface area (Å²) < 4.78 is 0. The smallest absolute Gasteiger partial charge is 0.0607 e. The van der Waals surface area contributed by atoms with E-state index in [9.17, 15) is 5.11 Å². The third-order valence-corrected chi connectivity index (χ3v) is 3.67. The molecule has 3 unspecified atom stereocenters. The third-order valence-electron chi connectivity index (χ3n) is 3.67. The van der Waals surface area contributed by atoms with Crippen molar-refractivity contribution in [3.63, 3.8) is 0 Å². The van der Waals surface area contributed by atoms with Crippen LogP contribution in [0.5, 0.6) is 0 Å². The molecule has 0 saturated carbocycles. The minimum Gasteiger partial charge on any atom is -0.393 e. The number of likely N-dealkylation sites (tertiary alicyclic amines) is 1. The first-order valence-corrected chi connectivity index (χ1v) is 6.63. The van der Waals surface area contributed by atoms with Gasteiger partial charge in [0.05, 0.1) is 12.6 Å². The predicted octanol–water partition coefficient (Wildman–Crippen LogP) is 2.13. The van der Waals surface area contributed by atoms with Gasteiger partial charge in [-0.2, -0.15) is 0 Å². The van der Waals surface area contributed by atoms with Crippen LogP contribution in [0.3, 0.4) is 0 Å². The predicted molar refractivity (Wildman–Crippen MR) is 74.1 cm³/mol. The van der Waals surface area contributed by atoms with Crippen molar-refractivity contribution >= 4 is 0 Å². The molecule has 1 saturated heterocycles. The Labute approximate surface area is 110 Å². The molecule has 96 valence electrons. The van der Waals surface area contributed by atoms with Crippen LogP contribution in [0.2, 0.25) is 0 Å². The van der Waals surface area contributed by atoms with Gasteiger partial charge in [0.1, 0.15) is 0 Å². The van der Waals surface area contributed by atoms with Gasteiger partial charge in [0.2, 0.25) is 0 Å². The molecular formula is C16H21NO. The minimum atomic E-state index is -0.154. The van der Waals surface area contributed by atoms with Crippen LogP contribution < -0.4 is 0 Å². The van der Waals surface area contributed by atoms with Gasteiger partial charge >= 0.3 is 0 Å². The molecule has 1 aliphatic rings. The lowest BCUT2D eigenvalue weighted by Gasteiger charge is -2.38. The summed E-state index contributed by atoms with van der Waals surface area (Å²) in [6.45, 7) is 5.99. The molecule has 1 aromatic carbocycles. The monoisotopic (exact) mass is 243 g/mol. The molecule has 0 radical (unpaired) electrons. The van der Waals surface area contributed by atoms with Crippen molar-refractivity contribution in [2.45, 2.75) is 32.4 Å². The molecular weight excluding hydrogens is 222 g/mol. The first-order valence-electron chi connectivity index (χ1n) is 6.63. The van der Waals surface area contributed by atoms with Crippen LogP contribution in [-0.4, -0.2) is 35.2 Å². The third kappa shape index (κ3) is 3.35. The summed E-state index contributed by atoms with van der Waals surface area (Å²) in [6.07, 6.45) is 0.701. The maximum absolute atomic E-state index is 9.81. The van der Waals surface area contributed by atoms with Gasteiger partial charge in [0.15, 0.2) is 0 Å². The van der Waals surface area contributed by atoms with Gasteiger partial charge in [-0.25, -0.2) is 0 Å². The van der Waals surface area contributed by atoms with E-state index >= 15 is 0 Å². The molecule has 2 heteroatoms. The normalized spacial score (nSPS) is 28.5. The standard InChI is InChI=1S/C16H21NO/c1-13-12-17(14(2)11-16(13)18)10-6-9-15-7-4-3-5-8-15/h3-5,7-8,13-14,16,18H,10-12H2,1-2H3. The van der Waals surface area contributed by atoms with Gasteiger partial charge in [0.25, 0.3) is 0 Å². The summed E-state index contributed by atoms with van der Waals surface area (Å²) in [5.41, 5.74) is 1.07. The minimum absolute atomic E-state index is 0.154. The van der Waals surface area contributed by atoms with Crippen LogP contribution in [0.25, 0.3) is 0 Å². The van der Waals surface area contributed by atoms with E-state index in [1.165, 1.54) is 0 Å².